The van der Waals surface area contributed by atoms with Gasteiger partial charge in [-0.25, -0.2) is 9.97 Å². The van der Waals surface area contributed by atoms with Crippen LogP contribution in [0.4, 0.5) is 0 Å². The molecule has 39 heavy (non-hydrogen) atoms. The fourth-order valence-electron chi connectivity index (χ4n) is 6.75. The predicted molar refractivity (Wildman–Crippen MR) is 153 cm³/mol. The first-order chi connectivity index (χ1) is 19.0. The summed E-state index contributed by atoms with van der Waals surface area (Å²) in [6.07, 6.45) is 8.75. The number of imidazole rings is 1. The summed E-state index contributed by atoms with van der Waals surface area (Å²) in [4.78, 5) is 25.4. The minimum Gasteiger partial charge on any atom is -0.494 e. The molecule has 2 aliphatic carbocycles. The molecule has 0 radical (unpaired) electrons. The van der Waals surface area contributed by atoms with Crippen LogP contribution in [0.15, 0.2) is 36.5 Å². The highest BCUT2D eigenvalue weighted by Crippen LogP contribution is 2.41. The molecule has 4 heterocycles. The van der Waals surface area contributed by atoms with Crippen LogP contribution in [-0.4, -0.2) is 56.2 Å². The second-order valence-corrected chi connectivity index (χ2v) is 12.2. The number of nitrogens with two attached hydrogens (primary N) is 1. The molecule has 4 aromatic rings. The maximum Gasteiger partial charge on any atom is 0.254 e. The van der Waals surface area contributed by atoms with Crippen molar-refractivity contribution < 1.29 is 9.53 Å². The van der Waals surface area contributed by atoms with Crippen molar-refractivity contribution in [2.45, 2.75) is 64.6 Å². The van der Waals surface area contributed by atoms with Crippen LogP contribution in [0.2, 0.25) is 0 Å². The number of hydrogen-bond donors (Lipinski definition) is 1. The number of carbonyl (C=O) groups is 1. The molecule has 3 aromatic heterocycles. The maximum atomic E-state index is 13.6. The van der Waals surface area contributed by atoms with Crippen molar-refractivity contribution in [1.82, 2.24) is 24.0 Å². The summed E-state index contributed by atoms with van der Waals surface area (Å²) >= 11 is 0. The topological polar surface area (TPSA) is 91.2 Å². The molecule has 3 fully saturated rings. The molecule has 7 rings (SSSR count). The third kappa shape index (κ3) is 4.48. The summed E-state index contributed by atoms with van der Waals surface area (Å²) in [5.74, 6) is 3.71. The first-order valence-corrected chi connectivity index (χ1v) is 14.6. The number of fused-ring (bicyclic) bond motifs is 2. The third-order valence-electron chi connectivity index (χ3n) is 8.95. The highest BCUT2D eigenvalue weighted by Gasteiger charge is 2.31. The standard InChI is InChI=1S/C31H38N6O2/c1-19-11-21(12-19)17-37-28-25(13-23(15-27(28)39-2)31(38)35-10-4-6-24(32)18-35)34-30(37)26-14-22-5-3-9-33-29(22)36(26)16-20-7-8-20/h3,5,9,13-15,19-21,24H,4,6-8,10-12,16-18,32H2,1-2H3/t19?,21?,24-/m1/s1. The number of carbonyl (C=O) groups excluding carboxylic acids is 1. The summed E-state index contributed by atoms with van der Waals surface area (Å²) in [7, 11) is 1.69. The Labute approximate surface area is 229 Å². The van der Waals surface area contributed by atoms with E-state index in [2.05, 4.69) is 28.2 Å². The molecule has 8 nitrogen and oxygen atoms in total. The molecule has 0 bridgehead atoms. The smallest absolute Gasteiger partial charge is 0.254 e. The molecule has 8 heteroatoms. The van der Waals surface area contributed by atoms with Crippen LogP contribution in [0.5, 0.6) is 5.75 Å². The lowest BCUT2D eigenvalue weighted by Gasteiger charge is -2.33. The molecule has 3 aliphatic rings. The van der Waals surface area contributed by atoms with Gasteiger partial charge < -0.3 is 24.5 Å². The van der Waals surface area contributed by atoms with Crippen molar-refractivity contribution in [2.75, 3.05) is 20.2 Å². The second-order valence-electron chi connectivity index (χ2n) is 12.2. The van der Waals surface area contributed by atoms with Gasteiger partial charge >= 0.3 is 0 Å². The Hall–Kier alpha value is -3.39. The summed E-state index contributed by atoms with van der Waals surface area (Å²) in [6.45, 7) is 5.50. The minimum absolute atomic E-state index is 0.00122. The Bertz CT molecular complexity index is 1540. The van der Waals surface area contributed by atoms with Crippen molar-refractivity contribution in [3.63, 3.8) is 0 Å². The third-order valence-corrected chi connectivity index (χ3v) is 8.95. The van der Waals surface area contributed by atoms with Crippen LogP contribution < -0.4 is 10.5 Å². The Morgan fingerprint density at radius 3 is 2.67 bits per heavy atom. The molecular formula is C31H38N6O2. The van der Waals surface area contributed by atoms with Crippen molar-refractivity contribution in [2.24, 2.45) is 23.5 Å². The van der Waals surface area contributed by atoms with E-state index in [0.29, 0.717) is 29.7 Å². The zero-order valence-corrected chi connectivity index (χ0v) is 23.0. The lowest BCUT2D eigenvalue weighted by atomic mass is 9.76. The fraction of sp³-hybridized carbons (Fsp3) is 0.516. The number of piperidine rings is 1. The average molecular weight is 527 g/mol. The van der Waals surface area contributed by atoms with E-state index >= 15 is 0 Å². The zero-order chi connectivity index (χ0) is 26.7. The predicted octanol–water partition coefficient (Wildman–Crippen LogP) is 5.08. The van der Waals surface area contributed by atoms with Gasteiger partial charge in [0.1, 0.15) is 16.9 Å². The number of ether oxygens (including phenoxy) is 1. The Kier molecular flexibility index (Phi) is 6.10. The maximum absolute atomic E-state index is 13.6. The van der Waals surface area contributed by atoms with Crippen molar-refractivity contribution in [1.29, 1.82) is 0 Å². The van der Waals surface area contributed by atoms with Gasteiger partial charge in [-0.15, -0.1) is 0 Å². The highest BCUT2D eigenvalue weighted by atomic mass is 16.5. The van der Waals surface area contributed by atoms with Crippen LogP contribution in [0.25, 0.3) is 33.6 Å². The molecule has 0 spiro atoms. The van der Waals surface area contributed by atoms with Gasteiger partial charge in [0.15, 0.2) is 5.82 Å². The molecular weight excluding hydrogens is 488 g/mol. The number of methoxy groups -OCH3 is 1. The summed E-state index contributed by atoms with van der Waals surface area (Å²) in [6, 6.07) is 10.3. The quantitative estimate of drug-likeness (QED) is 0.363. The van der Waals surface area contributed by atoms with Gasteiger partial charge in [0.05, 0.1) is 18.3 Å². The van der Waals surface area contributed by atoms with Gasteiger partial charge in [0, 0.05) is 49.4 Å². The number of rotatable bonds is 7. The zero-order valence-electron chi connectivity index (χ0n) is 23.0. The molecule has 204 valence electrons. The number of likely N-dealkylation sites (tertiary alicyclic amines) is 1. The molecule has 2 N–H and O–H groups in total. The fourth-order valence-corrected chi connectivity index (χ4v) is 6.75. The number of aromatic nitrogens is 4. The van der Waals surface area contributed by atoms with E-state index in [1.807, 2.05) is 29.3 Å². The van der Waals surface area contributed by atoms with Gasteiger partial charge in [-0.2, -0.15) is 0 Å². The molecule has 0 unspecified atom stereocenters. The Balaban J connectivity index is 1.38. The van der Waals surface area contributed by atoms with Crippen LogP contribution in [-0.2, 0) is 13.1 Å². The number of pyridine rings is 1. The molecule has 1 aliphatic heterocycles. The summed E-state index contributed by atoms with van der Waals surface area (Å²) < 4.78 is 10.7. The van der Waals surface area contributed by atoms with E-state index < -0.39 is 0 Å². The van der Waals surface area contributed by atoms with Gasteiger partial charge in [-0.3, -0.25) is 4.79 Å². The summed E-state index contributed by atoms with van der Waals surface area (Å²) in [5, 5.41) is 1.13. The van der Waals surface area contributed by atoms with Crippen LogP contribution in [0.3, 0.4) is 0 Å². The molecule has 2 saturated carbocycles. The average Bonchev–Trinajstić information content (AvgIpc) is 3.58. The lowest BCUT2D eigenvalue weighted by molar-refractivity contribution is 0.0708. The Morgan fingerprint density at radius 1 is 1.10 bits per heavy atom. The van der Waals surface area contributed by atoms with Crippen LogP contribution >= 0.6 is 0 Å². The van der Waals surface area contributed by atoms with Gasteiger partial charge in [-0.05, 0) is 86.6 Å². The second kappa shape index (κ2) is 9.66. The number of hydrogen-bond acceptors (Lipinski definition) is 5. The SMILES string of the molecule is COc1cc(C(=O)N2CCC[C@@H](N)C2)cc2nc(-c3cc4cccnc4n3CC3CC3)n(CC3CC(C)C3)c12. The van der Waals surface area contributed by atoms with Crippen LogP contribution in [0, 0.1) is 17.8 Å². The van der Waals surface area contributed by atoms with E-state index in [-0.39, 0.29) is 11.9 Å². The number of benzene rings is 1. The van der Waals surface area contributed by atoms with Gasteiger partial charge in [-0.1, -0.05) is 6.92 Å². The van der Waals surface area contributed by atoms with Crippen molar-refractivity contribution in [3.05, 3.63) is 42.1 Å². The van der Waals surface area contributed by atoms with E-state index in [1.54, 1.807) is 7.11 Å². The van der Waals surface area contributed by atoms with Crippen LogP contribution in [0.1, 0.15) is 55.8 Å². The Morgan fingerprint density at radius 2 is 1.92 bits per heavy atom. The first kappa shape index (κ1) is 24.6. The van der Waals surface area contributed by atoms with E-state index in [9.17, 15) is 4.79 Å². The van der Waals surface area contributed by atoms with Crippen molar-refractivity contribution in [3.8, 4) is 17.3 Å². The highest BCUT2D eigenvalue weighted by molar-refractivity contribution is 6.00. The van der Waals surface area contributed by atoms with E-state index in [4.69, 9.17) is 20.4 Å². The molecule has 1 aromatic carbocycles. The molecule has 1 amide bonds. The first-order valence-electron chi connectivity index (χ1n) is 14.6. The molecule has 1 atom stereocenters. The molecule has 1 saturated heterocycles. The number of amides is 1. The lowest BCUT2D eigenvalue weighted by Crippen LogP contribution is -2.45. The van der Waals surface area contributed by atoms with Gasteiger partial charge in [0.25, 0.3) is 5.91 Å². The number of nitrogens with zero attached hydrogens (tertiary/aromatic N) is 5. The van der Waals surface area contributed by atoms with Crippen molar-refractivity contribution >= 4 is 28.0 Å². The van der Waals surface area contributed by atoms with E-state index in [1.165, 1.54) is 25.7 Å². The largest absolute Gasteiger partial charge is 0.494 e. The monoisotopic (exact) mass is 526 g/mol. The minimum atomic E-state index is 0.00122. The summed E-state index contributed by atoms with van der Waals surface area (Å²) in [5.41, 5.74) is 10.7. The van der Waals surface area contributed by atoms with Gasteiger partial charge in [0.2, 0.25) is 0 Å². The normalized spacial score (nSPS) is 23.4. The van der Waals surface area contributed by atoms with E-state index in [0.717, 1.165) is 72.0 Å².